The van der Waals surface area contributed by atoms with Crippen molar-refractivity contribution in [3.63, 3.8) is 0 Å². The van der Waals surface area contributed by atoms with Crippen molar-refractivity contribution in [1.29, 1.82) is 0 Å². The number of esters is 1. The molecule has 0 spiro atoms. The van der Waals surface area contributed by atoms with Crippen LogP contribution in [0.25, 0.3) is 0 Å². The predicted molar refractivity (Wildman–Crippen MR) is 105 cm³/mol. The lowest BCUT2D eigenvalue weighted by molar-refractivity contribution is -0.120. The summed E-state index contributed by atoms with van der Waals surface area (Å²) >= 11 is 0. The highest BCUT2D eigenvalue weighted by Gasteiger charge is 2.18. The number of nitrogens with one attached hydrogen (secondary N) is 1. The lowest BCUT2D eigenvalue weighted by atomic mass is 10.1. The van der Waals surface area contributed by atoms with Crippen LogP contribution in [0, 0.1) is 13.8 Å². The number of carbonyl (C=O) groups is 3. The summed E-state index contributed by atoms with van der Waals surface area (Å²) in [7, 11) is 0. The Kier molecular flexibility index (Phi) is 6.71. The zero-order valence-corrected chi connectivity index (χ0v) is 16.0. The third-order valence-electron chi connectivity index (χ3n) is 4.02. The van der Waals surface area contributed by atoms with Gasteiger partial charge in [-0.25, -0.2) is 4.79 Å². The van der Waals surface area contributed by atoms with Crippen LogP contribution in [0.1, 0.15) is 35.3 Å². The van der Waals surface area contributed by atoms with Crippen molar-refractivity contribution >= 4 is 29.2 Å². The molecule has 0 fully saturated rings. The van der Waals surface area contributed by atoms with Crippen LogP contribution in [0.2, 0.25) is 0 Å². The van der Waals surface area contributed by atoms with Gasteiger partial charge in [-0.15, -0.1) is 0 Å². The fraction of sp³-hybridized carbons (Fsp3) is 0.286. The molecule has 0 aliphatic rings. The van der Waals surface area contributed by atoms with Crippen LogP contribution in [0.5, 0.6) is 0 Å². The zero-order valence-electron chi connectivity index (χ0n) is 16.0. The van der Waals surface area contributed by atoms with Crippen molar-refractivity contribution in [3.05, 3.63) is 59.2 Å². The van der Waals surface area contributed by atoms with E-state index in [1.54, 1.807) is 31.2 Å². The van der Waals surface area contributed by atoms with Gasteiger partial charge in [0.05, 0.1) is 12.2 Å². The van der Waals surface area contributed by atoms with E-state index < -0.39 is 5.97 Å². The normalized spacial score (nSPS) is 10.2. The molecule has 2 amide bonds. The maximum absolute atomic E-state index is 12.4. The van der Waals surface area contributed by atoms with Crippen LogP contribution in [0.4, 0.5) is 11.4 Å². The molecule has 0 aliphatic heterocycles. The standard InChI is InChI=1S/C21H24N2O4/c1-5-27-21(26)17-8-10-18(11-9-17)22-20(25)13-23(16(4)24)19-12-14(2)6-7-15(19)3/h6-12H,5,13H2,1-4H3,(H,22,25). The molecule has 0 bridgehead atoms. The molecule has 1 N–H and O–H groups in total. The first-order valence-electron chi connectivity index (χ1n) is 8.74. The third-order valence-corrected chi connectivity index (χ3v) is 4.02. The van der Waals surface area contributed by atoms with E-state index in [1.807, 2.05) is 32.0 Å². The SMILES string of the molecule is CCOC(=O)c1ccc(NC(=O)CN(C(C)=O)c2cc(C)ccc2C)cc1. The van der Waals surface area contributed by atoms with E-state index in [9.17, 15) is 14.4 Å². The minimum absolute atomic E-state index is 0.0980. The summed E-state index contributed by atoms with van der Waals surface area (Å²) in [5.41, 5.74) is 3.60. The Morgan fingerprint density at radius 2 is 1.70 bits per heavy atom. The van der Waals surface area contributed by atoms with Gasteiger partial charge in [0.15, 0.2) is 0 Å². The molecule has 2 aromatic carbocycles. The molecular weight excluding hydrogens is 344 g/mol. The van der Waals surface area contributed by atoms with E-state index in [0.29, 0.717) is 17.9 Å². The second-order valence-corrected chi connectivity index (χ2v) is 6.24. The van der Waals surface area contributed by atoms with Crippen molar-refractivity contribution in [3.8, 4) is 0 Å². The van der Waals surface area contributed by atoms with Gasteiger partial charge in [0.1, 0.15) is 6.54 Å². The van der Waals surface area contributed by atoms with E-state index in [-0.39, 0.29) is 18.4 Å². The Morgan fingerprint density at radius 1 is 1.04 bits per heavy atom. The molecule has 27 heavy (non-hydrogen) atoms. The molecule has 0 aliphatic carbocycles. The van der Waals surface area contributed by atoms with Gasteiger partial charge in [0.25, 0.3) is 0 Å². The van der Waals surface area contributed by atoms with Crippen LogP contribution in [0.3, 0.4) is 0 Å². The first-order valence-corrected chi connectivity index (χ1v) is 8.74. The molecule has 0 radical (unpaired) electrons. The second kappa shape index (κ2) is 8.98. The Hall–Kier alpha value is -3.15. The Labute approximate surface area is 159 Å². The molecule has 0 saturated carbocycles. The fourth-order valence-electron chi connectivity index (χ4n) is 2.62. The minimum atomic E-state index is -0.409. The molecule has 2 rings (SSSR count). The van der Waals surface area contributed by atoms with Crippen LogP contribution in [-0.2, 0) is 14.3 Å². The van der Waals surface area contributed by atoms with E-state index in [1.165, 1.54) is 11.8 Å². The second-order valence-electron chi connectivity index (χ2n) is 6.24. The first kappa shape index (κ1) is 20.2. The molecule has 2 aromatic rings. The quantitative estimate of drug-likeness (QED) is 0.792. The minimum Gasteiger partial charge on any atom is -0.462 e. The first-order chi connectivity index (χ1) is 12.8. The lowest BCUT2D eigenvalue weighted by Crippen LogP contribution is -2.37. The highest BCUT2D eigenvalue weighted by atomic mass is 16.5. The monoisotopic (exact) mass is 368 g/mol. The van der Waals surface area contributed by atoms with Crippen molar-refractivity contribution in [2.24, 2.45) is 0 Å². The maximum Gasteiger partial charge on any atom is 0.338 e. The van der Waals surface area contributed by atoms with Crippen LogP contribution in [-0.4, -0.2) is 30.9 Å². The zero-order chi connectivity index (χ0) is 20.0. The molecule has 0 unspecified atom stereocenters. The van der Waals surface area contributed by atoms with Gasteiger partial charge in [0.2, 0.25) is 11.8 Å². The number of hydrogen-bond acceptors (Lipinski definition) is 4. The average Bonchev–Trinajstić information content (AvgIpc) is 2.62. The number of anilines is 2. The summed E-state index contributed by atoms with van der Waals surface area (Å²) < 4.78 is 4.93. The highest BCUT2D eigenvalue weighted by Crippen LogP contribution is 2.22. The summed E-state index contributed by atoms with van der Waals surface area (Å²) in [6.45, 7) is 7.21. The van der Waals surface area contributed by atoms with Gasteiger partial charge in [-0.3, -0.25) is 9.59 Å². The summed E-state index contributed by atoms with van der Waals surface area (Å²) in [5, 5.41) is 2.74. The molecule has 6 heteroatoms. The van der Waals surface area contributed by atoms with Crippen LogP contribution < -0.4 is 10.2 Å². The average molecular weight is 368 g/mol. The molecule has 0 heterocycles. The Balaban J connectivity index is 2.09. The van der Waals surface area contributed by atoms with E-state index in [4.69, 9.17) is 4.74 Å². The third kappa shape index (κ3) is 5.41. The lowest BCUT2D eigenvalue weighted by Gasteiger charge is -2.23. The van der Waals surface area contributed by atoms with Crippen LogP contribution in [0.15, 0.2) is 42.5 Å². The summed E-state index contributed by atoms with van der Waals surface area (Å²) in [6.07, 6.45) is 0. The van der Waals surface area contributed by atoms with Gasteiger partial charge >= 0.3 is 5.97 Å². The van der Waals surface area contributed by atoms with E-state index >= 15 is 0 Å². The van der Waals surface area contributed by atoms with E-state index in [0.717, 1.165) is 16.8 Å². The summed E-state index contributed by atoms with van der Waals surface area (Å²) in [4.78, 5) is 37.6. The predicted octanol–water partition coefficient (Wildman–Crippen LogP) is 3.47. The van der Waals surface area contributed by atoms with E-state index in [2.05, 4.69) is 5.32 Å². The molecular formula is C21H24N2O4. The van der Waals surface area contributed by atoms with Gasteiger partial charge in [0, 0.05) is 18.3 Å². The van der Waals surface area contributed by atoms with Crippen molar-refractivity contribution in [2.75, 3.05) is 23.4 Å². The molecule has 0 atom stereocenters. The summed E-state index contributed by atoms with van der Waals surface area (Å²) in [6, 6.07) is 12.2. The number of carbonyl (C=O) groups excluding carboxylic acids is 3. The number of ether oxygens (including phenoxy) is 1. The van der Waals surface area contributed by atoms with Crippen LogP contribution >= 0.6 is 0 Å². The molecule has 6 nitrogen and oxygen atoms in total. The smallest absolute Gasteiger partial charge is 0.338 e. The molecule has 0 saturated heterocycles. The van der Waals surface area contributed by atoms with Gasteiger partial charge in [-0.1, -0.05) is 12.1 Å². The highest BCUT2D eigenvalue weighted by molar-refractivity contribution is 6.02. The van der Waals surface area contributed by atoms with Gasteiger partial charge in [-0.05, 0) is 62.2 Å². The van der Waals surface area contributed by atoms with Crippen molar-refractivity contribution < 1.29 is 19.1 Å². The largest absolute Gasteiger partial charge is 0.462 e. The number of hydrogen-bond donors (Lipinski definition) is 1. The molecule has 0 aromatic heterocycles. The Bertz CT molecular complexity index is 844. The topological polar surface area (TPSA) is 75.7 Å². The van der Waals surface area contributed by atoms with Gasteiger partial charge in [-0.2, -0.15) is 0 Å². The summed E-state index contributed by atoms with van der Waals surface area (Å²) in [5.74, 6) is -0.945. The number of aryl methyl sites for hydroxylation is 2. The number of benzene rings is 2. The van der Waals surface area contributed by atoms with Crippen molar-refractivity contribution in [2.45, 2.75) is 27.7 Å². The number of nitrogens with zero attached hydrogens (tertiary/aromatic N) is 1. The Morgan fingerprint density at radius 3 is 2.30 bits per heavy atom. The maximum atomic E-state index is 12.4. The fourth-order valence-corrected chi connectivity index (χ4v) is 2.62. The molecule has 142 valence electrons. The number of rotatable bonds is 6. The van der Waals surface area contributed by atoms with Gasteiger partial charge < -0.3 is 15.0 Å². The number of amides is 2. The van der Waals surface area contributed by atoms with Crippen molar-refractivity contribution in [1.82, 2.24) is 0 Å².